The summed E-state index contributed by atoms with van der Waals surface area (Å²) in [4.78, 5) is 18.7. The molecule has 0 saturated carbocycles. The summed E-state index contributed by atoms with van der Waals surface area (Å²) in [5, 5.41) is 22.2. The van der Waals surface area contributed by atoms with Gasteiger partial charge in [-0.25, -0.2) is 4.98 Å². The van der Waals surface area contributed by atoms with Crippen LogP contribution in [0.15, 0.2) is 36.9 Å². The number of aromatic nitrogens is 4. The number of nitro benzene ring substituents is 1. The van der Waals surface area contributed by atoms with Gasteiger partial charge in [0.25, 0.3) is 5.69 Å². The third-order valence-electron chi connectivity index (χ3n) is 3.21. The van der Waals surface area contributed by atoms with Crippen molar-refractivity contribution in [3.05, 3.63) is 52.9 Å². The molecular formula is C13H12N6O2. The molecule has 1 unspecified atom stereocenters. The fraction of sp³-hybridized carbons (Fsp3) is 0.154. The van der Waals surface area contributed by atoms with E-state index in [4.69, 9.17) is 0 Å². The molecule has 2 aromatic heterocycles. The van der Waals surface area contributed by atoms with Crippen LogP contribution in [0.3, 0.4) is 0 Å². The van der Waals surface area contributed by atoms with E-state index in [1.807, 2.05) is 6.92 Å². The first-order valence-electron chi connectivity index (χ1n) is 6.29. The molecule has 0 aliphatic rings. The van der Waals surface area contributed by atoms with E-state index >= 15 is 0 Å². The summed E-state index contributed by atoms with van der Waals surface area (Å²) in [6.45, 7) is 1.93. The minimum atomic E-state index is -0.409. The Kier molecular flexibility index (Phi) is 3.19. The maximum atomic E-state index is 11.1. The van der Waals surface area contributed by atoms with Gasteiger partial charge in [0.05, 0.1) is 16.4 Å². The Bertz CT molecular complexity index is 786. The van der Waals surface area contributed by atoms with E-state index in [1.54, 1.807) is 18.3 Å². The zero-order valence-electron chi connectivity index (χ0n) is 11.1. The van der Waals surface area contributed by atoms with Crippen LogP contribution in [-0.2, 0) is 0 Å². The lowest BCUT2D eigenvalue weighted by atomic mass is 10.1. The second-order valence-corrected chi connectivity index (χ2v) is 4.55. The molecule has 0 bridgehead atoms. The molecule has 0 fully saturated rings. The van der Waals surface area contributed by atoms with Crippen LogP contribution < -0.4 is 5.32 Å². The van der Waals surface area contributed by atoms with Crippen molar-refractivity contribution in [2.75, 3.05) is 5.32 Å². The molecule has 0 radical (unpaired) electrons. The van der Waals surface area contributed by atoms with Crippen molar-refractivity contribution < 1.29 is 4.92 Å². The van der Waals surface area contributed by atoms with E-state index in [1.165, 1.54) is 18.6 Å². The summed E-state index contributed by atoms with van der Waals surface area (Å²) in [5.41, 5.74) is 0.817. The monoisotopic (exact) mass is 284 g/mol. The lowest BCUT2D eigenvalue weighted by Gasteiger charge is -2.14. The normalized spacial score (nSPS) is 12.2. The van der Waals surface area contributed by atoms with E-state index in [0.717, 1.165) is 11.1 Å². The number of hydrogen-bond acceptors (Lipinski definition) is 6. The van der Waals surface area contributed by atoms with Crippen LogP contribution in [0.2, 0.25) is 0 Å². The van der Waals surface area contributed by atoms with E-state index in [0.29, 0.717) is 11.2 Å². The van der Waals surface area contributed by atoms with Crippen LogP contribution in [-0.4, -0.2) is 25.1 Å². The third-order valence-corrected chi connectivity index (χ3v) is 3.21. The molecule has 3 aromatic rings. The number of benzene rings is 1. The quantitative estimate of drug-likeness (QED) is 0.562. The highest BCUT2D eigenvalue weighted by Gasteiger charge is 2.16. The van der Waals surface area contributed by atoms with E-state index in [-0.39, 0.29) is 11.7 Å². The number of rotatable bonds is 4. The van der Waals surface area contributed by atoms with E-state index in [2.05, 4.69) is 25.5 Å². The van der Waals surface area contributed by atoms with Gasteiger partial charge < -0.3 is 5.32 Å². The fourth-order valence-electron chi connectivity index (χ4n) is 2.19. The maximum Gasteiger partial charge on any atom is 0.278 e. The van der Waals surface area contributed by atoms with Crippen LogP contribution in [0.25, 0.3) is 10.8 Å². The minimum Gasteiger partial charge on any atom is -0.375 e. The van der Waals surface area contributed by atoms with Crippen molar-refractivity contribution >= 4 is 22.1 Å². The van der Waals surface area contributed by atoms with Gasteiger partial charge in [-0.1, -0.05) is 0 Å². The topological polar surface area (TPSA) is 110 Å². The molecule has 8 heteroatoms. The number of pyridine rings is 1. The lowest BCUT2D eigenvalue weighted by molar-refractivity contribution is -0.383. The number of nitrogens with zero attached hydrogens (tertiary/aromatic N) is 4. The Morgan fingerprint density at radius 3 is 2.90 bits per heavy atom. The fourth-order valence-corrected chi connectivity index (χ4v) is 2.19. The van der Waals surface area contributed by atoms with Crippen molar-refractivity contribution in [1.82, 2.24) is 20.2 Å². The smallest absolute Gasteiger partial charge is 0.278 e. The number of fused-ring (bicyclic) bond motifs is 1. The summed E-state index contributed by atoms with van der Waals surface area (Å²) in [7, 11) is 0. The van der Waals surface area contributed by atoms with Crippen molar-refractivity contribution in [1.29, 1.82) is 0 Å². The molecule has 0 aliphatic heterocycles. The Hall–Kier alpha value is -3.03. The molecule has 0 spiro atoms. The van der Waals surface area contributed by atoms with Gasteiger partial charge in [0, 0.05) is 29.5 Å². The minimum absolute atomic E-state index is 0.0379. The first-order chi connectivity index (χ1) is 10.2. The molecule has 0 aliphatic carbocycles. The van der Waals surface area contributed by atoms with Gasteiger partial charge in [0.1, 0.15) is 12.2 Å². The highest BCUT2D eigenvalue weighted by molar-refractivity contribution is 5.99. The number of aromatic amines is 1. The maximum absolute atomic E-state index is 11.1. The molecule has 21 heavy (non-hydrogen) atoms. The van der Waals surface area contributed by atoms with Crippen molar-refractivity contribution in [3.63, 3.8) is 0 Å². The number of anilines is 1. The highest BCUT2D eigenvalue weighted by Crippen LogP contribution is 2.32. The second-order valence-electron chi connectivity index (χ2n) is 4.55. The van der Waals surface area contributed by atoms with Crippen LogP contribution in [0, 0.1) is 10.1 Å². The zero-order valence-corrected chi connectivity index (χ0v) is 11.1. The summed E-state index contributed by atoms with van der Waals surface area (Å²) < 4.78 is 0. The van der Waals surface area contributed by atoms with Gasteiger partial charge in [-0.05, 0) is 19.1 Å². The largest absolute Gasteiger partial charge is 0.375 e. The predicted octanol–water partition coefficient (Wildman–Crippen LogP) is 2.43. The summed E-state index contributed by atoms with van der Waals surface area (Å²) in [6, 6.07) is 4.80. The van der Waals surface area contributed by atoms with Crippen molar-refractivity contribution in [2.24, 2.45) is 0 Å². The molecule has 106 valence electrons. The first kappa shape index (κ1) is 13.0. The average Bonchev–Trinajstić information content (AvgIpc) is 3.01. The van der Waals surface area contributed by atoms with Crippen molar-refractivity contribution in [3.8, 4) is 0 Å². The Morgan fingerprint density at radius 1 is 1.33 bits per heavy atom. The van der Waals surface area contributed by atoms with Gasteiger partial charge in [-0.15, -0.1) is 0 Å². The Labute approximate surface area is 119 Å². The van der Waals surface area contributed by atoms with Crippen LogP contribution in [0.5, 0.6) is 0 Å². The number of non-ortho nitro benzene ring substituents is 1. The summed E-state index contributed by atoms with van der Waals surface area (Å²) in [5.74, 6) is 0.690. The molecule has 0 saturated heterocycles. The highest BCUT2D eigenvalue weighted by atomic mass is 16.6. The van der Waals surface area contributed by atoms with Gasteiger partial charge in [-0.3, -0.25) is 20.2 Å². The molecule has 1 atom stereocenters. The third kappa shape index (κ3) is 2.38. The van der Waals surface area contributed by atoms with E-state index < -0.39 is 4.92 Å². The molecule has 0 amide bonds. The van der Waals surface area contributed by atoms with Gasteiger partial charge >= 0.3 is 0 Å². The number of H-pyrrole nitrogens is 1. The Morgan fingerprint density at radius 2 is 2.19 bits per heavy atom. The SMILES string of the molecule is CC(Nc1ccc([N+](=O)[O-])c2cnccc12)c1ncn[nH]1. The van der Waals surface area contributed by atoms with Crippen molar-refractivity contribution in [2.45, 2.75) is 13.0 Å². The van der Waals surface area contributed by atoms with Crippen LogP contribution in [0.1, 0.15) is 18.8 Å². The molecule has 1 aromatic carbocycles. The van der Waals surface area contributed by atoms with E-state index in [9.17, 15) is 10.1 Å². The number of nitrogens with one attached hydrogen (secondary N) is 2. The first-order valence-corrected chi connectivity index (χ1v) is 6.29. The van der Waals surface area contributed by atoms with Gasteiger partial charge in [-0.2, -0.15) is 5.10 Å². The molecule has 2 heterocycles. The lowest BCUT2D eigenvalue weighted by Crippen LogP contribution is -2.09. The molecular weight excluding hydrogens is 272 g/mol. The molecule has 2 N–H and O–H groups in total. The second kappa shape index (κ2) is 5.16. The van der Waals surface area contributed by atoms with Gasteiger partial charge in [0.2, 0.25) is 0 Å². The number of hydrogen-bond donors (Lipinski definition) is 2. The molecule has 3 rings (SSSR count). The number of nitro groups is 1. The Balaban J connectivity index is 2.04. The van der Waals surface area contributed by atoms with Crippen LogP contribution >= 0.6 is 0 Å². The van der Waals surface area contributed by atoms with Crippen LogP contribution in [0.4, 0.5) is 11.4 Å². The zero-order chi connectivity index (χ0) is 14.8. The average molecular weight is 284 g/mol. The predicted molar refractivity (Wildman–Crippen MR) is 76.8 cm³/mol. The molecule has 8 nitrogen and oxygen atoms in total. The van der Waals surface area contributed by atoms with Gasteiger partial charge in [0.15, 0.2) is 0 Å². The summed E-state index contributed by atoms with van der Waals surface area (Å²) in [6.07, 6.45) is 4.54. The standard InChI is InChI=1S/C13H12N6O2/c1-8(13-15-7-16-18-13)17-11-2-3-12(19(20)21)10-6-14-5-4-9(10)11/h2-8,17H,1H3,(H,15,16,18). The summed E-state index contributed by atoms with van der Waals surface area (Å²) >= 11 is 0.